The molecule has 2 aromatic rings. The average molecular weight is 341 g/mol. The number of aryl methyl sites for hydroxylation is 2. The van der Waals surface area contributed by atoms with Gasteiger partial charge in [-0.3, -0.25) is 4.79 Å². The van der Waals surface area contributed by atoms with Crippen molar-refractivity contribution in [3.63, 3.8) is 0 Å². The normalized spacial score (nSPS) is 14.2. The van der Waals surface area contributed by atoms with Gasteiger partial charge in [-0.2, -0.15) is 0 Å². The minimum absolute atomic E-state index is 0.0308. The molecule has 0 unspecified atom stereocenters. The molecule has 1 aliphatic rings. The van der Waals surface area contributed by atoms with E-state index in [1.807, 2.05) is 44.2 Å². The van der Waals surface area contributed by atoms with E-state index in [1.54, 1.807) is 6.20 Å². The first kappa shape index (κ1) is 17.2. The Bertz CT molecular complexity index is 705. The zero-order valence-electron chi connectivity index (χ0n) is 14.6. The summed E-state index contributed by atoms with van der Waals surface area (Å²) in [6.07, 6.45) is 1.67. The van der Waals surface area contributed by atoms with E-state index in [-0.39, 0.29) is 12.5 Å². The van der Waals surface area contributed by atoms with Gasteiger partial charge in [-0.25, -0.2) is 4.98 Å². The first-order valence-electron chi connectivity index (χ1n) is 8.41. The van der Waals surface area contributed by atoms with Crippen LogP contribution in [0.2, 0.25) is 0 Å². The monoisotopic (exact) mass is 341 g/mol. The number of carbonyl (C=O) groups is 1. The molecule has 0 aliphatic carbocycles. The molecule has 1 fully saturated rings. The highest BCUT2D eigenvalue weighted by Gasteiger charge is 2.12. The van der Waals surface area contributed by atoms with Gasteiger partial charge in [0.15, 0.2) is 6.61 Å². The summed E-state index contributed by atoms with van der Waals surface area (Å²) < 4.78 is 11.0. The number of anilines is 2. The van der Waals surface area contributed by atoms with Gasteiger partial charge in [0.05, 0.1) is 25.1 Å². The summed E-state index contributed by atoms with van der Waals surface area (Å²) in [6, 6.07) is 9.67. The molecule has 0 bridgehead atoms. The van der Waals surface area contributed by atoms with E-state index in [9.17, 15) is 4.79 Å². The number of pyridine rings is 1. The molecule has 0 saturated carbocycles. The summed E-state index contributed by atoms with van der Waals surface area (Å²) in [5.41, 5.74) is 2.70. The summed E-state index contributed by atoms with van der Waals surface area (Å²) in [4.78, 5) is 18.7. The molecule has 3 rings (SSSR count). The molecule has 1 aromatic heterocycles. The predicted molar refractivity (Wildman–Crippen MR) is 97.3 cm³/mol. The van der Waals surface area contributed by atoms with Crippen molar-refractivity contribution in [2.24, 2.45) is 0 Å². The molecule has 0 atom stereocenters. The number of hydrogen-bond donors (Lipinski definition) is 1. The third-order valence-electron chi connectivity index (χ3n) is 4.12. The second-order valence-corrected chi connectivity index (χ2v) is 6.06. The van der Waals surface area contributed by atoms with E-state index in [0.29, 0.717) is 5.69 Å². The summed E-state index contributed by atoms with van der Waals surface area (Å²) >= 11 is 0. The third kappa shape index (κ3) is 4.48. The first-order valence-corrected chi connectivity index (χ1v) is 8.41. The summed E-state index contributed by atoms with van der Waals surface area (Å²) in [6.45, 7) is 7.01. The molecule has 0 spiro atoms. The molecule has 1 saturated heterocycles. The van der Waals surface area contributed by atoms with Gasteiger partial charge in [-0.15, -0.1) is 0 Å². The molecule has 25 heavy (non-hydrogen) atoms. The van der Waals surface area contributed by atoms with E-state index >= 15 is 0 Å². The highest BCUT2D eigenvalue weighted by atomic mass is 16.5. The second kappa shape index (κ2) is 7.98. The lowest BCUT2D eigenvalue weighted by atomic mass is 10.1. The molecule has 6 nitrogen and oxygen atoms in total. The number of carbonyl (C=O) groups excluding carboxylic acids is 1. The number of amides is 1. The number of morpholine rings is 1. The third-order valence-corrected chi connectivity index (χ3v) is 4.12. The summed E-state index contributed by atoms with van der Waals surface area (Å²) in [5, 5.41) is 2.81. The zero-order valence-corrected chi connectivity index (χ0v) is 14.6. The van der Waals surface area contributed by atoms with Gasteiger partial charge in [-0.05, 0) is 37.1 Å². The number of nitrogens with one attached hydrogen (secondary N) is 1. The molecule has 6 heteroatoms. The van der Waals surface area contributed by atoms with Crippen LogP contribution in [0, 0.1) is 13.8 Å². The molecule has 1 aromatic carbocycles. The number of ether oxygens (including phenoxy) is 2. The number of hydrogen-bond acceptors (Lipinski definition) is 5. The van der Waals surface area contributed by atoms with Crippen LogP contribution >= 0.6 is 0 Å². The maximum absolute atomic E-state index is 12.1. The van der Waals surface area contributed by atoms with Crippen molar-refractivity contribution >= 4 is 17.4 Å². The fraction of sp³-hybridized carbons (Fsp3) is 0.368. The van der Waals surface area contributed by atoms with Gasteiger partial charge in [0.25, 0.3) is 5.91 Å². The Hall–Kier alpha value is -2.60. The van der Waals surface area contributed by atoms with Crippen LogP contribution in [0.3, 0.4) is 0 Å². The van der Waals surface area contributed by atoms with Crippen molar-refractivity contribution in [2.75, 3.05) is 43.1 Å². The Labute approximate surface area is 147 Å². The van der Waals surface area contributed by atoms with Gasteiger partial charge >= 0.3 is 0 Å². The van der Waals surface area contributed by atoms with Gasteiger partial charge in [0, 0.05) is 13.1 Å². The van der Waals surface area contributed by atoms with E-state index in [0.717, 1.165) is 49.0 Å². The Balaban J connectivity index is 1.54. The van der Waals surface area contributed by atoms with Crippen LogP contribution in [-0.4, -0.2) is 43.8 Å². The number of nitrogens with zero attached hydrogens (tertiary/aromatic N) is 2. The van der Waals surface area contributed by atoms with Crippen molar-refractivity contribution in [1.29, 1.82) is 0 Å². The number of para-hydroxylation sites is 1. The summed E-state index contributed by atoms with van der Waals surface area (Å²) in [7, 11) is 0. The lowest BCUT2D eigenvalue weighted by Gasteiger charge is -2.27. The SMILES string of the molecule is Cc1cccc(C)c1OCC(=O)Nc1ccc(N2CCOCC2)nc1. The fourth-order valence-corrected chi connectivity index (χ4v) is 2.80. The minimum Gasteiger partial charge on any atom is -0.483 e. The first-order chi connectivity index (χ1) is 12.1. The van der Waals surface area contributed by atoms with Crippen LogP contribution < -0.4 is 15.0 Å². The smallest absolute Gasteiger partial charge is 0.262 e. The Morgan fingerprint density at radius 2 is 1.92 bits per heavy atom. The van der Waals surface area contributed by atoms with Crippen molar-refractivity contribution in [3.05, 3.63) is 47.7 Å². The molecular weight excluding hydrogens is 318 g/mol. The van der Waals surface area contributed by atoms with E-state index in [1.165, 1.54) is 0 Å². The van der Waals surface area contributed by atoms with Gasteiger partial charge in [-0.1, -0.05) is 18.2 Å². The standard InChI is InChI=1S/C19H23N3O3/c1-14-4-3-5-15(2)19(14)25-13-18(23)21-16-6-7-17(20-12-16)22-8-10-24-11-9-22/h3-7,12H,8-11,13H2,1-2H3,(H,21,23). The molecule has 1 amide bonds. The highest BCUT2D eigenvalue weighted by Crippen LogP contribution is 2.22. The lowest BCUT2D eigenvalue weighted by molar-refractivity contribution is -0.118. The quantitative estimate of drug-likeness (QED) is 0.905. The largest absolute Gasteiger partial charge is 0.483 e. The fourth-order valence-electron chi connectivity index (χ4n) is 2.80. The van der Waals surface area contributed by atoms with Crippen LogP contribution in [0.25, 0.3) is 0 Å². The Kier molecular flexibility index (Phi) is 5.50. The van der Waals surface area contributed by atoms with Gasteiger partial charge < -0.3 is 19.7 Å². The average Bonchev–Trinajstić information content (AvgIpc) is 2.63. The van der Waals surface area contributed by atoms with E-state index < -0.39 is 0 Å². The van der Waals surface area contributed by atoms with Crippen LogP contribution in [0.15, 0.2) is 36.5 Å². The van der Waals surface area contributed by atoms with Gasteiger partial charge in [0.1, 0.15) is 11.6 Å². The van der Waals surface area contributed by atoms with Crippen LogP contribution in [0.1, 0.15) is 11.1 Å². The predicted octanol–water partition coefficient (Wildman–Crippen LogP) is 2.55. The maximum Gasteiger partial charge on any atom is 0.262 e. The molecule has 132 valence electrons. The highest BCUT2D eigenvalue weighted by molar-refractivity contribution is 5.91. The number of aromatic nitrogens is 1. The van der Waals surface area contributed by atoms with Crippen LogP contribution in [0.5, 0.6) is 5.75 Å². The maximum atomic E-state index is 12.1. The molecule has 0 radical (unpaired) electrons. The van der Waals surface area contributed by atoms with E-state index in [4.69, 9.17) is 9.47 Å². The minimum atomic E-state index is -0.205. The Morgan fingerprint density at radius 3 is 2.56 bits per heavy atom. The van der Waals surface area contributed by atoms with Crippen LogP contribution in [-0.2, 0) is 9.53 Å². The van der Waals surface area contributed by atoms with Crippen molar-refractivity contribution < 1.29 is 14.3 Å². The van der Waals surface area contributed by atoms with Crippen molar-refractivity contribution in [2.45, 2.75) is 13.8 Å². The topological polar surface area (TPSA) is 63.7 Å². The molecular formula is C19H23N3O3. The van der Waals surface area contributed by atoms with E-state index in [2.05, 4.69) is 15.2 Å². The number of rotatable bonds is 5. The molecule has 1 aliphatic heterocycles. The molecule has 2 heterocycles. The number of benzene rings is 1. The van der Waals surface area contributed by atoms with Crippen molar-refractivity contribution in [1.82, 2.24) is 4.98 Å². The Morgan fingerprint density at radius 1 is 1.20 bits per heavy atom. The second-order valence-electron chi connectivity index (χ2n) is 6.06. The molecule has 1 N–H and O–H groups in total. The van der Waals surface area contributed by atoms with Crippen molar-refractivity contribution in [3.8, 4) is 5.75 Å². The van der Waals surface area contributed by atoms with Crippen LogP contribution in [0.4, 0.5) is 11.5 Å². The lowest BCUT2D eigenvalue weighted by Crippen LogP contribution is -2.36. The van der Waals surface area contributed by atoms with Gasteiger partial charge in [0.2, 0.25) is 0 Å². The zero-order chi connectivity index (χ0) is 17.6. The summed E-state index contributed by atoms with van der Waals surface area (Å²) in [5.74, 6) is 1.45.